The number of hydrogen-bond acceptors (Lipinski definition) is 2. The van der Waals surface area contributed by atoms with Crippen LogP contribution in [0.25, 0.3) is 11.0 Å². The fraction of sp³-hybridized carbons (Fsp3) is 0. The van der Waals surface area contributed by atoms with E-state index in [2.05, 4.69) is 40.4 Å². The second-order valence-corrected chi connectivity index (χ2v) is 4.38. The summed E-state index contributed by atoms with van der Waals surface area (Å²) in [4.78, 5) is 4.15. The summed E-state index contributed by atoms with van der Waals surface area (Å²) in [5, 5.41) is 1.69. The summed E-state index contributed by atoms with van der Waals surface area (Å²) in [5.41, 5.74) is 0.840. The molecule has 0 amide bonds. The maximum Gasteiger partial charge on any atom is 0.150 e. The molecular formula is C7H4ClIN2S. The van der Waals surface area contributed by atoms with Crippen molar-refractivity contribution < 1.29 is 0 Å². The van der Waals surface area contributed by atoms with Gasteiger partial charge < -0.3 is 0 Å². The lowest BCUT2D eigenvalue weighted by Crippen LogP contribution is -1.80. The van der Waals surface area contributed by atoms with Crippen molar-refractivity contribution in [3.05, 3.63) is 27.1 Å². The van der Waals surface area contributed by atoms with Crippen LogP contribution in [0.3, 0.4) is 0 Å². The molecule has 0 aromatic carbocycles. The molecule has 0 radical (unpaired) electrons. The van der Waals surface area contributed by atoms with Crippen molar-refractivity contribution in [2.75, 3.05) is 0 Å². The average Bonchev–Trinajstić information content (AvgIpc) is 2.28. The van der Waals surface area contributed by atoms with Gasteiger partial charge in [-0.2, -0.15) is 0 Å². The van der Waals surface area contributed by atoms with Gasteiger partial charge in [-0.3, -0.25) is 3.97 Å². The van der Waals surface area contributed by atoms with Crippen LogP contribution in [-0.4, -0.2) is 8.96 Å². The number of nitrogens with zero attached hydrogens (tertiary/aromatic N) is 2. The van der Waals surface area contributed by atoms with Gasteiger partial charge in [-0.1, -0.05) is 24.4 Å². The van der Waals surface area contributed by atoms with Gasteiger partial charge in [-0.15, -0.1) is 0 Å². The van der Waals surface area contributed by atoms with E-state index in [9.17, 15) is 0 Å². The van der Waals surface area contributed by atoms with Crippen LogP contribution in [0.15, 0.2) is 18.5 Å². The van der Waals surface area contributed by atoms with E-state index in [-0.39, 0.29) is 0 Å². The SMILES string of the molecule is Sn1cc(I)c2cc(Cl)cnc21. The zero-order valence-corrected chi connectivity index (χ0v) is 9.64. The normalized spacial score (nSPS) is 10.9. The second-order valence-electron chi connectivity index (χ2n) is 2.35. The van der Waals surface area contributed by atoms with Crippen molar-refractivity contribution in [2.45, 2.75) is 0 Å². The highest BCUT2D eigenvalue weighted by atomic mass is 127. The van der Waals surface area contributed by atoms with Crippen LogP contribution < -0.4 is 0 Å². The molecule has 62 valence electrons. The number of hydrogen-bond donors (Lipinski definition) is 1. The van der Waals surface area contributed by atoms with Crippen molar-refractivity contribution >= 4 is 58.0 Å². The van der Waals surface area contributed by atoms with Gasteiger partial charge >= 0.3 is 0 Å². The van der Waals surface area contributed by atoms with Crippen LogP contribution in [-0.2, 0) is 0 Å². The molecule has 2 heterocycles. The predicted molar refractivity (Wildman–Crippen MR) is 61.8 cm³/mol. The Morgan fingerprint density at radius 2 is 2.33 bits per heavy atom. The Morgan fingerprint density at radius 1 is 1.58 bits per heavy atom. The molecule has 0 aliphatic heterocycles. The third-order valence-electron chi connectivity index (χ3n) is 1.54. The van der Waals surface area contributed by atoms with Gasteiger partial charge in [-0.25, -0.2) is 4.98 Å². The molecule has 0 saturated heterocycles. The molecule has 0 atom stereocenters. The lowest BCUT2D eigenvalue weighted by molar-refractivity contribution is 1.27. The molecule has 2 aromatic rings. The lowest BCUT2D eigenvalue weighted by Gasteiger charge is -1.92. The van der Waals surface area contributed by atoms with Gasteiger partial charge in [0.2, 0.25) is 0 Å². The van der Waals surface area contributed by atoms with Gasteiger partial charge in [0, 0.05) is 21.4 Å². The van der Waals surface area contributed by atoms with Crippen molar-refractivity contribution in [3.63, 3.8) is 0 Å². The van der Waals surface area contributed by atoms with E-state index in [1.54, 1.807) is 10.2 Å². The van der Waals surface area contributed by atoms with E-state index >= 15 is 0 Å². The number of rotatable bonds is 0. The highest BCUT2D eigenvalue weighted by Crippen LogP contribution is 2.24. The van der Waals surface area contributed by atoms with E-state index in [4.69, 9.17) is 11.6 Å². The van der Waals surface area contributed by atoms with Gasteiger partial charge in [-0.05, 0) is 28.7 Å². The number of pyridine rings is 1. The molecule has 0 unspecified atom stereocenters. The van der Waals surface area contributed by atoms with Crippen LogP contribution in [0.2, 0.25) is 5.02 Å². The first-order chi connectivity index (χ1) is 5.68. The quantitative estimate of drug-likeness (QED) is 0.585. The van der Waals surface area contributed by atoms with E-state index in [1.807, 2.05) is 12.3 Å². The van der Waals surface area contributed by atoms with Gasteiger partial charge in [0.15, 0.2) is 5.65 Å². The van der Waals surface area contributed by atoms with Crippen LogP contribution in [0.5, 0.6) is 0 Å². The topological polar surface area (TPSA) is 17.8 Å². The summed E-state index contributed by atoms with van der Waals surface area (Å²) in [7, 11) is 0. The molecule has 0 spiro atoms. The third-order valence-corrected chi connectivity index (χ3v) is 2.91. The fourth-order valence-corrected chi connectivity index (χ4v) is 2.36. The maximum absolute atomic E-state index is 5.80. The summed E-state index contributed by atoms with van der Waals surface area (Å²) >= 11 is 12.2. The molecule has 2 aromatic heterocycles. The Balaban J connectivity index is 2.90. The summed E-state index contributed by atoms with van der Waals surface area (Å²) < 4.78 is 2.79. The Morgan fingerprint density at radius 3 is 3.08 bits per heavy atom. The van der Waals surface area contributed by atoms with Gasteiger partial charge in [0.1, 0.15) is 0 Å². The van der Waals surface area contributed by atoms with Crippen LogP contribution in [0.4, 0.5) is 0 Å². The van der Waals surface area contributed by atoms with Crippen LogP contribution in [0.1, 0.15) is 0 Å². The predicted octanol–water partition coefficient (Wildman–Crippen LogP) is 2.99. The van der Waals surface area contributed by atoms with E-state index in [0.717, 1.165) is 14.6 Å². The lowest BCUT2D eigenvalue weighted by atomic mass is 10.3. The monoisotopic (exact) mass is 310 g/mol. The standard InChI is InChI=1S/C7H4ClIN2S/c8-4-1-5-6(9)3-11(12)7(5)10-2-4/h1-3,12H. The van der Waals surface area contributed by atoms with E-state index < -0.39 is 0 Å². The first kappa shape index (κ1) is 8.65. The summed E-state index contributed by atoms with van der Waals surface area (Å²) in [6.07, 6.45) is 3.52. The minimum absolute atomic E-state index is 0.653. The molecule has 0 bridgehead atoms. The molecule has 0 N–H and O–H groups in total. The molecule has 0 fully saturated rings. The molecule has 0 saturated carbocycles. The fourth-order valence-electron chi connectivity index (χ4n) is 1.03. The van der Waals surface area contributed by atoms with Gasteiger partial charge in [0.25, 0.3) is 0 Å². The highest BCUT2D eigenvalue weighted by Gasteiger charge is 2.05. The number of halogens is 2. The second kappa shape index (κ2) is 3.08. The largest absolute Gasteiger partial charge is 0.277 e. The van der Waals surface area contributed by atoms with Crippen molar-refractivity contribution in [1.29, 1.82) is 0 Å². The van der Waals surface area contributed by atoms with Gasteiger partial charge in [0.05, 0.1) is 5.02 Å². The Bertz CT molecular complexity index is 440. The van der Waals surface area contributed by atoms with Crippen molar-refractivity contribution in [2.24, 2.45) is 0 Å². The van der Waals surface area contributed by atoms with E-state index in [1.165, 1.54) is 0 Å². The summed E-state index contributed by atoms with van der Waals surface area (Å²) in [6.45, 7) is 0. The number of thiol groups is 1. The maximum atomic E-state index is 5.80. The average molecular weight is 311 g/mol. The summed E-state index contributed by atoms with van der Waals surface area (Å²) in [5.74, 6) is 0. The molecule has 12 heavy (non-hydrogen) atoms. The van der Waals surface area contributed by atoms with E-state index in [0.29, 0.717) is 5.02 Å². The Labute approximate surface area is 93.6 Å². The number of aromatic nitrogens is 2. The first-order valence-corrected chi connectivity index (χ1v) is 5.05. The summed E-state index contributed by atoms with van der Waals surface area (Å²) in [6, 6.07) is 1.89. The third kappa shape index (κ3) is 1.31. The van der Waals surface area contributed by atoms with Crippen molar-refractivity contribution in [3.8, 4) is 0 Å². The molecule has 2 rings (SSSR count). The molecular weight excluding hydrogens is 307 g/mol. The Kier molecular flexibility index (Phi) is 2.22. The highest BCUT2D eigenvalue weighted by molar-refractivity contribution is 14.1. The van der Waals surface area contributed by atoms with Crippen LogP contribution >= 0.6 is 47.0 Å². The minimum Gasteiger partial charge on any atom is -0.277 e. The molecule has 0 aliphatic carbocycles. The van der Waals surface area contributed by atoms with Crippen molar-refractivity contribution in [1.82, 2.24) is 8.96 Å². The number of fused-ring (bicyclic) bond motifs is 1. The molecule has 0 aliphatic rings. The van der Waals surface area contributed by atoms with Crippen LogP contribution in [0, 0.1) is 3.57 Å². The smallest absolute Gasteiger partial charge is 0.150 e. The Hall–Kier alpha value is 0.0600. The first-order valence-electron chi connectivity index (χ1n) is 3.20. The molecule has 5 heteroatoms. The zero-order valence-electron chi connectivity index (χ0n) is 5.83. The minimum atomic E-state index is 0.653. The zero-order chi connectivity index (χ0) is 8.72. The molecule has 2 nitrogen and oxygen atoms in total.